The third-order valence-corrected chi connectivity index (χ3v) is 3.05. The highest BCUT2D eigenvalue weighted by molar-refractivity contribution is 5.29. The molecule has 1 aliphatic rings. The molecule has 1 unspecified atom stereocenters. The number of nitrogens with one attached hydrogen (secondary N) is 1. The third-order valence-electron chi connectivity index (χ3n) is 3.05. The summed E-state index contributed by atoms with van der Waals surface area (Å²) in [7, 11) is 1.80. The fraction of sp³-hybridized carbons (Fsp3) is 0.500. The Morgan fingerprint density at radius 3 is 2.86 bits per heavy atom. The molecular formula is C12H17NO. The van der Waals surface area contributed by atoms with E-state index in [1.807, 2.05) is 0 Å². The lowest BCUT2D eigenvalue weighted by Crippen LogP contribution is -2.31. The smallest absolute Gasteiger partial charge is 0.106 e. The van der Waals surface area contributed by atoms with Crippen molar-refractivity contribution in [3.63, 3.8) is 0 Å². The topological polar surface area (TPSA) is 21.3 Å². The first-order valence-electron chi connectivity index (χ1n) is 5.10. The standard InChI is InChI=1S/C12H17NO/c1-10-4-3-5-11(8-10)12(14-2)6-7-13-9-12/h3-5,8,13H,6-7,9H2,1-2H3. The molecule has 1 aliphatic heterocycles. The molecule has 1 atom stereocenters. The van der Waals surface area contributed by atoms with Crippen LogP contribution in [0.1, 0.15) is 17.5 Å². The summed E-state index contributed by atoms with van der Waals surface area (Å²) in [5.74, 6) is 0. The van der Waals surface area contributed by atoms with E-state index in [2.05, 4.69) is 36.5 Å². The fourth-order valence-electron chi connectivity index (χ4n) is 2.14. The van der Waals surface area contributed by atoms with Crippen molar-refractivity contribution in [1.29, 1.82) is 0 Å². The van der Waals surface area contributed by atoms with Crippen LogP contribution in [-0.2, 0) is 10.3 Å². The molecule has 1 fully saturated rings. The maximum absolute atomic E-state index is 5.68. The first-order chi connectivity index (χ1) is 6.77. The Hall–Kier alpha value is -0.860. The average Bonchev–Trinajstić information content (AvgIpc) is 2.67. The van der Waals surface area contributed by atoms with Gasteiger partial charge in [0.1, 0.15) is 5.60 Å². The van der Waals surface area contributed by atoms with Crippen LogP contribution in [0.5, 0.6) is 0 Å². The van der Waals surface area contributed by atoms with E-state index >= 15 is 0 Å². The molecule has 0 radical (unpaired) electrons. The minimum Gasteiger partial charge on any atom is -0.372 e. The van der Waals surface area contributed by atoms with E-state index in [1.54, 1.807) is 7.11 Å². The molecule has 0 spiro atoms. The Bertz CT molecular complexity index is 316. The van der Waals surface area contributed by atoms with Gasteiger partial charge >= 0.3 is 0 Å². The minimum absolute atomic E-state index is 0.0912. The van der Waals surface area contributed by atoms with E-state index in [4.69, 9.17) is 4.74 Å². The molecule has 1 aromatic carbocycles. The van der Waals surface area contributed by atoms with Crippen molar-refractivity contribution >= 4 is 0 Å². The summed E-state index contributed by atoms with van der Waals surface area (Å²) < 4.78 is 5.68. The summed E-state index contributed by atoms with van der Waals surface area (Å²) in [5, 5.41) is 3.36. The van der Waals surface area contributed by atoms with Crippen LogP contribution in [0.25, 0.3) is 0 Å². The molecule has 2 nitrogen and oxygen atoms in total. The molecule has 0 saturated carbocycles. The normalized spacial score (nSPS) is 26.7. The lowest BCUT2D eigenvalue weighted by atomic mass is 9.92. The van der Waals surface area contributed by atoms with Gasteiger partial charge in [0.2, 0.25) is 0 Å². The maximum Gasteiger partial charge on any atom is 0.106 e. The molecule has 1 aromatic rings. The first kappa shape index (κ1) is 9.69. The van der Waals surface area contributed by atoms with Gasteiger partial charge in [-0.3, -0.25) is 0 Å². The van der Waals surface area contributed by atoms with E-state index in [9.17, 15) is 0 Å². The first-order valence-corrected chi connectivity index (χ1v) is 5.10. The SMILES string of the molecule is COC1(c2cccc(C)c2)CCNC1. The molecule has 1 heterocycles. The van der Waals surface area contributed by atoms with Gasteiger partial charge in [0.05, 0.1) is 0 Å². The number of rotatable bonds is 2. The Labute approximate surface area is 85.3 Å². The van der Waals surface area contributed by atoms with Crippen LogP contribution in [0.2, 0.25) is 0 Å². The molecule has 0 aromatic heterocycles. The molecule has 0 amide bonds. The second kappa shape index (κ2) is 3.71. The summed E-state index contributed by atoms with van der Waals surface area (Å²) >= 11 is 0. The number of hydrogen-bond acceptors (Lipinski definition) is 2. The molecular weight excluding hydrogens is 174 g/mol. The fourth-order valence-corrected chi connectivity index (χ4v) is 2.14. The Balaban J connectivity index is 2.35. The van der Waals surface area contributed by atoms with Crippen LogP contribution in [-0.4, -0.2) is 20.2 Å². The van der Waals surface area contributed by atoms with Gasteiger partial charge in [0.15, 0.2) is 0 Å². The number of methoxy groups -OCH3 is 1. The molecule has 0 aliphatic carbocycles. The van der Waals surface area contributed by atoms with Crippen LogP contribution in [0, 0.1) is 6.92 Å². The zero-order valence-electron chi connectivity index (χ0n) is 8.84. The highest BCUT2D eigenvalue weighted by Gasteiger charge is 2.35. The molecule has 14 heavy (non-hydrogen) atoms. The van der Waals surface area contributed by atoms with Gasteiger partial charge in [0.25, 0.3) is 0 Å². The summed E-state index contributed by atoms with van der Waals surface area (Å²) in [4.78, 5) is 0. The number of ether oxygens (including phenoxy) is 1. The monoisotopic (exact) mass is 191 g/mol. The largest absolute Gasteiger partial charge is 0.372 e. The van der Waals surface area contributed by atoms with Gasteiger partial charge in [0, 0.05) is 13.7 Å². The van der Waals surface area contributed by atoms with Crippen LogP contribution in [0.15, 0.2) is 24.3 Å². The van der Waals surface area contributed by atoms with Gasteiger partial charge in [-0.15, -0.1) is 0 Å². The van der Waals surface area contributed by atoms with E-state index in [1.165, 1.54) is 11.1 Å². The van der Waals surface area contributed by atoms with Gasteiger partial charge in [-0.05, 0) is 25.5 Å². The van der Waals surface area contributed by atoms with Crippen LogP contribution >= 0.6 is 0 Å². The Morgan fingerprint density at radius 2 is 2.29 bits per heavy atom. The van der Waals surface area contributed by atoms with Gasteiger partial charge in [-0.1, -0.05) is 29.8 Å². The van der Waals surface area contributed by atoms with Crippen molar-refractivity contribution in [2.45, 2.75) is 18.9 Å². The van der Waals surface area contributed by atoms with E-state index in [0.29, 0.717) is 0 Å². The highest BCUT2D eigenvalue weighted by Crippen LogP contribution is 2.31. The highest BCUT2D eigenvalue weighted by atomic mass is 16.5. The molecule has 2 heteroatoms. The third kappa shape index (κ3) is 1.56. The van der Waals surface area contributed by atoms with Crippen LogP contribution in [0.4, 0.5) is 0 Å². The second-order valence-electron chi connectivity index (χ2n) is 3.99. The van der Waals surface area contributed by atoms with Crippen molar-refractivity contribution in [2.75, 3.05) is 20.2 Å². The summed E-state index contributed by atoms with van der Waals surface area (Å²) in [6.45, 7) is 4.09. The maximum atomic E-state index is 5.68. The quantitative estimate of drug-likeness (QED) is 0.770. The van der Waals surface area contributed by atoms with Crippen molar-refractivity contribution in [2.24, 2.45) is 0 Å². The van der Waals surface area contributed by atoms with E-state index < -0.39 is 0 Å². The predicted molar refractivity (Wildman–Crippen MR) is 57.4 cm³/mol. The number of aryl methyl sites for hydroxylation is 1. The van der Waals surface area contributed by atoms with Crippen molar-refractivity contribution in [3.8, 4) is 0 Å². The Kier molecular flexibility index (Phi) is 2.57. The molecule has 1 saturated heterocycles. The van der Waals surface area contributed by atoms with Gasteiger partial charge in [-0.25, -0.2) is 0 Å². The molecule has 1 N–H and O–H groups in total. The number of benzene rings is 1. The zero-order valence-corrected chi connectivity index (χ0v) is 8.84. The van der Waals surface area contributed by atoms with Crippen LogP contribution < -0.4 is 5.32 Å². The molecule has 0 bridgehead atoms. The van der Waals surface area contributed by atoms with Crippen molar-refractivity contribution < 1.29 is 4.74 Å². The second-order valence-corrected chi connectivity index (χ2v) is 3.99. The summed E-state index contributed by atoms with van der Waals surface area (Å²) in [6.07, 6.45) is 1.06. The lowest BCUT2D eigenvalue weighted by Gasteiger charge is -2.27. The predicted octanol–water partition coefficient (Wildman–Crippen LogP) is 1.83. The van der Waals surface area contributed by atoms with E-state index in [0.717, 1.165) is 19.5 Å². The van der Waals surface area contributed by atoms with Gasteiger partial charge in [-0.2, -0.15) is 0 Å². The number of hydrogen-bond donors (Lipinski definition) is 1. The molecule has 76 valence electrons. The molecule has 2 rings (SSSR count). The summed E-state index contributed by atoms with van der Waals surface area (Å²) in [6, 6.07) is 8.60. The summed E-state index contributed by atoms with van der Waals surface area (Å²) in [5.41, 5.74) is 2.50. The minimum atomic E-state index is -0.0912. The van der Waals surface area contributed by atoms with Crippen molar-refractivity contribution in [3.05, 3.63) is 35.4 Å². The Morgan fingerprint density at radius 1 is 1.43 bits per heavy atom. The van der Waals surface area contributed by atoms with Crippen LogP contribution in [0.3, 0.4) is 0 Å². The lowest BCUT2D eigenvalue weighted by molar-refractivity contribution is 0.00321. The van der Waals surface area contributed by atoms with Gasteiger partial charge < -0.3 is 10.1 Å². The van der Waals surface area contributed by atoms with E-state index in [-0.39, 0.29) is 5.60 Å². The van der Waals surface area contributed by atoms with Crippen molar-refractivity contribution in [1.82, 2.24) is 5.32 Å². The zero-order chi connectivity index (χ0) is 10.0. The average molecular weight is 191 g/mol.